The van der Waals surface area contributed by atoms with E-state index in [0.717, 1.165) is 38.5 Å². The first-order valence-corrected chi connectivity index (χ1v) is 15.8. The third-order valence-electron chi connectivity index (χ3n) is 5.84. The molecule has 0 rings (SSSR count). The molecule has 0 bridgehead atoms. The molecule has 0 aromatic rings. The summed E-state index contributed by atoms with van der Waals surface area (Å²) in [5, 5.41) is 0. The molecule has 0 saturated heterocycles. The summed E-state index contributed by atoms with van der Waals surface area (Å²) in [4.78, 5) is 35.3. The number of carbonyl (C=O) groups is 2. The number of esters is 2. The minimum atomic E-state index is -4.57. The molecule has 224 valence electrons. The molecule has 0 aromatic carbocycles. The van der Waals surface area contributed by atoms with Crippen LogP contribution in [0.15, 0.2) is 12.2 Å². The molecule has 1 unspecified atom stereocenters. The zero-order chi connectivity index (χ0) is 28.7. The van der Waals surface area contributed by atoms with Crippen molar-refractivity contribution in [3.8, 4) is 0 Å². The minimum absolute atomic E-state index is 0.0343. The summed E-state index contributed by atoms with van der Waals surface area (Å²) in [6.07, 6.45) is 19.1. The van der Waals surface area contributed by atoms with Crippen LogP contribution in [0.1, 0.15) is 104 Å². The van der Waals surface area contributed by atoms with E-state index >= 15 is 0 Å². The molecule has 0 heterocycles. The first kappa shape index (κ1) is 36.8. The van der Waals surface area contributed by atoms with Gasteiger partial charge < -0.3 is 27.9 Å². The lowest BCUT2D eigenvalue weighted by Crippen LogP contribution is -2.37. The number of phosphoric ester groups is 1. The van der Waals surface area contributed by atoms with Gasteiger partial charge in [0.1, 0.15) is 19.8 Å². The van der Waals surface area contributed by atoms with Gasteiger partial charge in [-0.1, -0.05) is 70.4 Å². The lowest BCUT2D eigenvalue weighted by molar-refractivity contribution is -0.870. The lowest BCUT2D eigenvalue weighted by Gasteiger charge is -2.28. The van der Waals surface area contributed by atoms with Gasteiger partial charge in [0.2, 0.25) is 0 Å². The molecule has 0 radical (unpaired) electrons. The fourth-order valence-electron chi connectivity index (χ4n) is 3.59. The quantitative estimate of drug-likeness (QED) is 0.0457. The molecule has 0 aromatic heterocycles. The number of hydrogen-bond acceptors (Lipinski definition) is 8. The third kappa shape index (κ3) is 26.4. The number of allylic oxidation sites excluding steroid dienone is 2. The van der Waals surface area contributed by atoms with Crippen LogP contribution in [-0.4, -0.2) is 70.0 Å². The highest BCUT2D eigenvalue weighted by molar-refractivity contribution is 7.45. The maximum absolute atomic E-state index is 12.0. The van der Waals surface area contributed by atoms with E-state index in [-0.39, 0.29) is 19.6 Å². The van der Waals surface area contributed by atoms with Crippen LogP contribution in [0, 0.1) is 0 Å². The summed E-state index contributed by atoms with van der Waals surface area (Å²) in [5.74, 6) is -1.04. The smallest absolute Gasteiger partial charge is 0.305 e. The summed E-state index contributed by atoms with van der Waals surface area (Å²) in [7, 11) is 1.15. The molecule has 0 spiro atoms. The molecule has 0 N–H and O–H groups in total. The van der Waals surface area contributed by atoms with Crippen molar-refractivity contribution >= 4 is 19.8 Å². The number of quaternary nitrogens is 1. The molecular formula is C28H54NO8P. The maximum Gasteiger partial charge on any atom is 0.305 e. The molecule has 0 amide bonds. The largest absolute Gasteiger partial charge is 0.756 e. The van der Waals surface area contributed by atoms with Gasteiger partial charge in [-0.2, -0.15) is 0 Å². The van der Waals surface area contributed by atoms with Gasteiger partial charge in [-0.15, -0.1) is 0 Å². The zero-order valence-electron chi connectivity index (χ0n) is 24.6. The van der Waals surface area contributed by atoms with E-state index in [1.54, 1.807) is 0 Å². The average molecular weight is 564 g/mol. The van der Waals surface area contributed by atoms with Gasteiger partial charge in [0.15, 0.2) is 6.10 Å². The highest BCUT2D eigenvalue weighted by Gasteiger charge is 2.20. The van der Waals surface area contributed by atoms with Crippen molar-refractivity contribution in [3.05, 3.63) is 12.2 Å². The van der Waals surface area contributed by atoms with E-state index in [0.29, 0.717) is 11.0 Å². The number of phosphoric acid groups is 1. The Hall–Kier alpha value is -1.25. The van der Waals surface area contributed by atoms with Crippen LogP contribution in [0.3, 0.4) is 0 Å². The van der Waals surface area contributed by atoms with E-state index in [1.807, 2.05) is 21.1 Å². The molecule has 10 heteroatoms. The van der Waals surface area contributed by atoms with Gasteiger partial charge in [0.25, 0.3) is 7.82 Å². The van der Waals surface area contributed by atoms with Gasteiger partial charge >= 0.3 is 11.9 Å². The first-order chi connectivity index (χ1) is 17.9. The Morgan fingerprint density at radius 2 is 1.39 bits per heavy atom. The second-order valence-corrected chi connectivity index (χ2v) is 12.2. The van der Waals surface area contributed by atoms with E-state index < -0.39 is 32.5 Å². The maximum atomic E-state index is 12.0. The first-order valence-electron chi connectivity index (χ1n) is 14.3. The van der Waals surface area contributed by atoms with Crippen molar-refractivity contribution in [1.82, 2.24) is 0 Å². The second kappa shape index (κ2) is 22.6. The number of unbranched alkanes of at least 4 members (excludes halogenated alkanes) is 11. The molecule has 0 aliphatic heterocycles. The highest BCUT2D eigenvalue weighted by atomic mass is 31.2. The van der Waals surface area contributed by atoms with Crippen LogP contribution in [0.4, 0.5) is 0 Å². The molecule has 2 atom stereocenters. The number of nitrogens with zero attached hydrogens (tertiary/aromatic N) is 1. The molecule has 0 aliphatic carbocycles. The molecule has 0 aliphatic rings. The predicted octanol–water partition coefficient (Wildman–Crippen LogP) is 5.71. The topological polar surface area (TPSA) is 111 Å². The van der Waals surface area contributed by atoms with Crippen molar-refractivity contribution in [2.24, 2.45) is 0 Å². The van der Waals surface area contributed by atoms with Gasteiger partial charge in [0, 0.05) is 13.3 Å². The van der Waals surface area contributed by atoms with E-state index in [1.165, 1.54) is 51.9 Å². The summed E-state index contributed by atoms with van der Waals surface area (Å²) in [5.41, 5.74) is 0. The van der Waals surface area contributed by atoms with Crippen LogP contribution < -0.4 is 4.89 Å². The Morgan fingerprint density at radius 3 is 1.95 bits per heavy atom. The lowest BCUT2D eigenvalue weighted by atomic mass is 10.1. The van der Waals surface area contributed by atoms with E-state index in [2.05, 4.69) is 19.1 Å². The van der Waals surface area contributed by atoms with Gasteiger partial charge in [-0.3, -0.25) is 14.2 Å². The Kier molecular flexibility index (Phi) is 21.8. The van der Waals surface area contributed by atoms with Crippen molar-refractivity contribution < 1.29 is 42.1 Å². The van der Waals surface area contributed by atoms with Crippen molar-refractivity contribution in [2.45, 2.75) is 110 Å². The van der Waals surface area contributed by atoms with Gasteiger partial charge in [0.05, 0.1) is 27.7 Å². The average Bonchev–Trinajstić information content (AvgIpc) is 2.82. The van der Waals surface area contributed by atoms with Gasteiger partial charge in [-0.25, -0.2) is 0 Å². The number of hydrogen-bond donors (Lipinski definition) is 0. The number of carbonyl (C=O) groups excluding carboxylic acids is 2. The van der Waals surface area contributed by atoms with Crippen molar-refractivity contribution in [3.63, 3.8) is 0 Å². The normalized spacial score (nSPS) is 14.4. The van der Waals surface area contributed by atoms with E-state index in [4.69, 9.17) is 18.5 Å². The fourth-order valence-corrected chi connectivity index (χ4v) is 4.32. The zero-order valence-corrected chi connectivity index (χ0v) is 25.5. The van der Waals surface area contributed by atoms with Crippen LogP contribution in [-0.2, 0) is 32.7 Å². The Morgan fingerprint density at radius 1 is 0.842 bits per heavy atom. The fraction of sp³-hybridized carbons (Fsp3) is 0.857. The summed E-state index contributed by atoms with van der Waals surface area (Å²) >= 11 is 0. The predicted molar refractivity (Wildman–Crippen MR) is 148 cm³/mol. The summed E-state index contributed by atoms with van der Waals surface area (Å²) in [6, 6.07) is 0. The van der Waals surface area contributed by atoms with E-state index in [9.17, 15) is 19.0 Å². The Labute approximate surface area is 231 Å². The summed E-state index contributed by atoms with van der Waals surface area (Å²) < 4.78 is 32.3. The molecule has 38 heavy (non-hydrogen) atoms. The number of ether oxygens (including phenoxy) is 2. The highest BCUT2D eigenvalue weighted by Crippen LogP contribution is 2.38. The third-order valence-corrected chi connectivity index (χ3v) is 6.80. The van der Waals surface area contributed by atoms with Crippen LogP contribution in [0.25, 0.3) is 0 Å². The Bertz CT molecular complexity index is 693. The minimum Gasteiger partial charge on any atom is -0.756 e. The second-order valence-electron chi connectivity index (χ2n) is 10.8. The molecular weight excluding hydrogens is 509 g/mol. The Balaban J connectivity index is 3.94. The van der Waals surface area contributed by atoms with Crippen LogP contribution >= 0.6 is 7.82 Å². The standard InChI is InChI=1S/C28H54NO8P/c1-6-7-8-9-10-11-12-13-14-15-16-17-18-19-20-21-28(31)34-24-27(37-26(2)30)25-36-38(32,33)35-23-22-29(3,4)5/h13-14,27H,6-12,15-25H2,1-5H3/b14-13-/t27-/m1/s1. The molecule has 0 fully saturated rings. The van der Waals surface area contributed by atoms with Gasteiger partial charge in [-0.05, 0) is 32.1 Å². The van der Waals surface area contributed by atoms with Crippen LogP contribution in [0.5, 0.6) is 0 Å². The number of rotatable bonds is 25. The SMILES string of the molecule is CCCCCCCC/C=C\CCCCCCCC(=O)OC[C@H](COP(=O)([O-])OCC[N+](C)(C)C)OC(C)=O. The van der Waals surface area contributed by atoms with Crippen molar-refractivity contribution in [1.29, 1.82) is 0 Å². The van der Waals surface area contributed by atoms with Crippen molar-refractivity contribution in [2.75, 3.05) is 47.5 Å². The van der Waals surface area contributed by atoms with Crippen LogP contribution in [0.2, 0.25) is 0 Å². The summed E-state index contributed by atoms with van der Waals surface area (Å²) in [6.45, 7) is 3.11. The number of likely N-dealkylation sites (N-methyl/N-ethyl adjacent to an activating group) is 1. The monoisotopic (exact) mass is 563 g/mol. The molecule has 9 nitrogen and oxygen atoms in total. The molecule has 0 saturated carbocycles.